The number of hydrogen-bond donors (Lipinski definition) is 3. The maximum absolute atomic E-state index is 8.69. The summed E-state index contributed by atoms with van der Waals surface area (Å²) in [6, 6.07) is 1.33. The third-order valence-corrected chi connectivity index (χ3v) is 3.63. The van der Waals surface area contributed by atoms with Crippen LogP contribution in [0.3, 0.4) is 0 Å². The topological polar surface area (TPSA) is 44.3 Å². The summed E-state index contributed by atoms with van der Waals surface area (Å²) in [7, 11) is 0. The van der Waals surface area contributed by atoms with Gasteiger partial charge < -0.3 is 15.7 Å². The predicted molar refractivity (Wildman–Crippen MR) is 73.3 cm³/mol. The molecule has 102 valence electrons. The van der Waals surface area contributed by atoms with E-state index in [1.807, 2.05) is 0 Å². The molecule has 0 amide bonds. The summed E-state index contributed by atoms with van der Waals surface area (Å²) in [6.07, 6.45) is 9.99. The van der Waals surface area contributed by atoms with Gasteiger partial charge in [-0.05, 0) is 58.5 Å². The van der Waals surface area contributed by atoms with Crippen LogP contribution in [-0.2, 0) is 0 Å². The lowest BCUT2D eigenvalue weighted by molar-refractivity contribution is 0.282. The van der Waals surface area contributed by atoms with Crippen molar-refractivity contribution in [3.05, 3.63) is 0 Å². The predicted octanol–water partition coefficient (Wildman–Crippen LogP) is 2.05. The third-order valence-electron chi connectivity index (χ3n) is 3.63. The molecule has 3 nitrogen and oxygen atoms in total. The number of rotatable bonds is 8. The van der Waals surface area contributed by atoms with E-state index in [0.29, 0.717) is 12.6 Å². The molecule has 2 unspecified atom stereocenters. The van der Waals surface area contributed by atoms with Gasteiger partial charge in [-0.25, -0.2) is 0 Å². The zero-order chi connectivity index (χ0) is 12.3. The molecule has 0 saturated carbocycles. The van der Waals surface area contributed by atoms with Gasteiger partial charge in [0.05, 0.1) is 0 Å². The normalized spacial score (nSPS) is 23.3. The second-order valence-corrected chi connectivity index (χ2v) is 5.38. The molecule has 0 bridgehead atoms. The number of aliphatic hydroxyl groups is 1. The van der Waals surface area contributed by atoms with Crippen molar-refractivity contribution >= 4 is 0 Å². The molecular weight excluding hydrogens is 212 g/mol. The fourth-order valence-corrected chi connectivity index (χ4v) is 2.57. The van der Waals surface area contributed by atoms with Crippen LogP contribution in [0.5, 0.6) is 0 Å². The first-order valence-electron chi connectivity index (χ1n) is 7.40. The maximum atomic E-state index is 8.69. The first-order chi connectivity index (χ1) is 8.33. The van der Waals surface area contributed by atoms with E-state index in [4.69, 9.17) is 5.11 Å². The van der Waals surface area contributed by atoms with Crippen LogP contribution in [0, 0.1) is 0 Å². The fourth-order valence-electron chi connectivity index (χ4n) is 2.57. The van der Waals surface area contributed by atoms with Crippen LogP contribution >= 0.6 is 0 Å². The Labute approximate surface area is 106 Å². The van der Waals surface area contributed by atoms with Gasteiger partial charge in [0.2, 0.25) is 0 Å². The molecule has 0 aromatic carbocycles. The average Bonchev–Trinajstić information content (AvgIpc) is 2.57. The van der Waals surface area contributed by atoms with Gasteiger partial charge in [0, 0.05) is 18.7 Å². The van der Waals surface area contributed by atoms with Crippen molar-refractivity contribution in [1.82, 2.24) is 10.6 Å². The van der Waals surface area contributed by atoms with Crippen molar-refractivity contribution in [2.24, 2.45) is 0 Å². The molecule has 0 aromatic rings. The first-order valence-corrected chi connectivity index (χ1v) is 7.40. The van der Waals surface area contributed by atoms with E-state index in [1.54, 1.807) is 0 Å². The van der Waals surface area contributed by atoms with Crippen molar-refractivity contribution < 1.29 is 5.11 Å². The molecule has 0 aliphatic carbocycles. The number of aliphatic hydroxyl groups excluding tert-OH is 1. The van der Waals surface area contributed by atoms with Crippen LogP contribution in [-0.4, -0.2) is 36.9 Å². The minimum Gasteiger partial charge on any atom is -0.396 e. The Balaban J connectivity index is 2.00. The van der Waals surface area contributed by atoms with Crippen LogP contribution in [0.1, 0.15) is 58.3 Å². The zero-order valence-electron chi connectivity index (χ0n) is 11.4. The molecule has 1 rings (SSSR count). The van der Waals surface area contributed by atoms with E-state index in [0.717, 1.165) is 25.4 Å². The summed E-state index contributed by atoms with van der Waals surface area (Å²) in [4.78, 5) is 0. The highest BCUT2D eigenvalue weighted by atomic mass is 16.2. The largest absolute Gasteiger partial charge is 0.396 e. The summed E-state index contributed by atoms with van der Waals surface area (Å²) in [5, 5.41) is 15.9. The average molecular weight is 242 g/mol. The molecule has 1 saturated heterocycles. The van der Waals surface area contributed by atoms with Crippen LogP contribution < -0.4 is 10.6 Å². The van der Waals surface area contributed by atoms with Gasteiger partial charge in [-0.15, -0.1) is 0 Å². The van der Waals surface area contributed by atoms with Crippen molar-refractivity contribution in [2.45, 2.75) is 70.4 Å². The molecule has 3 N–H and O–H groups in total. The molecule has 1 aliphatic rings. The SMILES string of the molecule is CC(CC1CCCCCN1)NCCCCCO. The number of nitrogens with one attached hydrogen (secondary N) is 2. The van der Waals surface area contributed by atoms with Gasteiger partial charge >= 0.3 is 0 Å². The lowest BCUT2D eigenvalue weighted by Crippen LogP contribution is -2.37. The molecule has 0 spiro atoms. The van der Waals surface area contributed by atoms with E-state index >= 15 is 0 Å². The van der Waals surface area contributed by atoms with Gasteiger partial charge in [-0.1, -0.05) is 12.8 Å². The van der Waals surface area contributed by atoms with Crippen molar-refractivity contribution in [3.8, 4) is 0 Å². The van der Waals surface area contributed by atoms with Gasteiger partial charge in [0.25, 0.3) is 0 Å². The molecule has 0 aromatic heterocycles. The Morgan fingerprint density at radius 3 is 2.94 bits per heavy atom. The van der Waals surface area contributed by atoms with Crippen molar-refractivity contribution in [2.75, 3.05) is 19.7 Å². The monoisotopic (exact) mass is 242 g/mol. The van der Waals surface area contributed by atoms with Gasteiger partial charge in [0.1, 0.15) is 0 Å². The molecule has 1 heterocycles. The van der Waals surface area contributed by atoms with Crippen LogP contribution in [0.15, 0.2) is 0 Å². The van der Waals surface area contributed by atoms with Crippen LogP contribution in [0.25, 0.3) is 0 Å². The second-order valence-electron chi connectivity index (χ2n) is 5.38. The van der Waals surface area contributed by atoms with E-state index in [9.17, 15) is 0 Å². The standard InChI is InChI=1S/C14H30N2O/c1-13(15-9-6-3-7-11-17)12-14-8-4-2-5-10-16-14/h13-17H,2-12H2,1H3. The quantitative estimate of drug-likeness (QED) is 0.571. The summed E-state index contributed by atoms with van der Waals surface area (Å²) < 4.78 is 0. The van der Waals surface area contributed by atoms with Crippen molar-refractivity contribution in [1.29, 1.82) is 0 Å². The van der Waals surface area contributed by atoms with Crippen LogP contribution in [0.2, 0.25) is 0 Å². The zero-order valence-corrected chi connectivity index (χ0v) is 11.4. The molecule has 3 heteroatoms. The fraction of sp³-hybridized carbons (Fsp3) is 1.00. The van der Waals surface area contributed by atoms with E-state index < -0.39 is 0 Å². The first kappa shape index (κ1) is 14.9. The van der Waals surface area contributed by atoms with E-state index in [1.165, 1.54) is 45.1 Å². The molecule has 2 atom stereocenters. The number of hydrogen-bond acceptors (Lipinski definition) is 3. The summed E-state index contributed by atoms with van der Waals surface area (Å²) >= 11 is 0. The summed E-state index contributed by atoms with van der Waals surface area (Å²) in [6.45, 7) is 4.92. The Kier molecular flexibility index (Phi) is 8.67. The summed E-state index contributed by atoms with van der Waals surface area (Å²) in [5.74, 6) is 0. The van der Waals surface area contributed by atoms with Gasteiger partial charge in [0.15, 0.2) is 0 Å². The molecule has 1 aliphatic heterocycles. The molecule has 1 fully saturated rings. The number of unbranched alkanes of at least 4 members (excludes halogenated alkanes) is 2. The Hall–Kier alpha value is -0.120. The van der Waals surface area contributed by atoms with Crippen LogP contribution in [0.4, 0.5) is 0 Å². The Morgan fingerprint density at radius 1 is 1.24 bits per heavy atom. The Bertz CT molecular complexity index is 168. The molecule has 0 radical (unpaired) electrons. The minimum absolute atomic E-state index is 0.335. The Morgan fingerprint density at radius 2 is 2.12 bits per heavy atom. The van der Waals surface area contributed by atoms with Crippen molar-refractivity contribution in [3.63, 3.8) is 0 Å². The van der Waals surface area contributed by atoms with Gasteiger partial charge in [-0.2, -0.15) is 0 Å². The lowest BCUT2D eigenvalue weighted by atomic mass is 10.0. The lowest BCUT2D eigenvalue weighted by Gasteiger charge is -2.21. The highest BCUT2D eigenvalue weighted by molar-refractivity contribution is 4.75. The highest BCUT2D eigenvalue weighted by Gasteiger charge is 2.14. The van der Waals surface area contributed by atoms with E-state index in [-0.39, 0.29) is 0 Å². The minimum atomic E-state index is 0.335. The maximum Gasteiger partial charge on any atom is 0.0431 e. The third kappa shape index (κ3) is 7.74. The highest BCUT2D eigenvalue weighted by Crippen LogP contribution is 2.12. The molecular formula is C14H30N2O. The summed E-state index contributed by atoms with van der Waals surface area (Å²) in [5.41, 5.74) is 0. The van der Waals surface area contributed by atoms with E-state index in [2.05, 4.69) is 17.6 Å². The second kappa shape index (κ2) is 9.86. The smallest absolute Gasteiger partial charge is 0.0431 e. The molecule has 17 heavy (non-hydrogen) atoms. The van der Waals surface area contributed by atoms with Gasteiger partial charge in [-0.3, -0.25) is 0 Å².